The molecule has 2 N–H and O–H groups in total. The molecule has 0 radical (unpaired) electrons. The summed E-state index contributed by atoms with van der Waals surface area (Å²) in [4.78, 5) is 33.4. The summed E-state index contributed by atoms with van der Waals surface area (Å²) in [6.45, 7) is 6.96. The van der Waals surface area contributed by atoms with Crippen molar-refractivity contribution in [2.24, 2.45) is 5.92 Å². The van der Waals surface area contributed by atoms with E-state index in [0.717, 1.165) is 61.8 Å². The van der Waals surface area contributed by atoms with Crippen LogP contribution >= 0.6 is 0 Å². The van der Waals surface area contributed by atoms with Crippen molar-refractivity contribution in [3.8, 4) is 11.1 Å². The maximum Gasteiger partial charge on any atom is 0.245 e. The molecule has 4 rings (SSSR count). The highest BCUT2D eigenvalue weighted by Gasteiger charge is 2.39. The molecule has 0 bridgehead atoms. The Hall–Kier alpha value is -2.73. The van der Waals surface area contributed by atoms with Crippen molar-refractivity contribution in [3.05, 3.63) is 53.9 Å². The highest BCUT2D eigenvalue weighted by atomic mass is 16.2. The summed E-state index contributed by atoms with van der Waals surface area (Å²) in [6.07, 6.45) is 11.1. The van der Waals surface area contributed by atoms with Crippen LogP contribution in [0.4, 0.5) is 0 Å². The molecule has 2 amide bonds. The van der Waals surface area contributed by atoms with E-state index in [-0.39, 0.29) is 29.8 Å². The summed E-state index contributed by atoms with van der Waals surface area (Å²) in [5, 5.41) is 6.14. The third-order valence-corrected chi connectivity index (χ3v) is 8.08. The number of carbonyl (C=O) groups is 2. The number of amides is 2. The number of aromatic nitrogens is 1. The van der Waals surface area contributed by atoms with Gasteiger partial charge < -0.3 is 15.5 Å². The summed E-state index contributed by atoms with van der Waals surface area (Å²) in [7, 11) is 1.77. The van der Waals surface area contributed by atoms with E-state index in [1.807, 2.05) is 24.2 Å². The zero-order valence-corrected chi connectivity index (χ0v) is 22.3. The molecule has 1 aromatic heterocycles. The van der Waals surface area contributed by atoms with E-state index in [0.29, 0.717) is 5.92 Å². The zero-order valence-electron chi connectivity index (χ0n) is 22.3. The average Bonchev–Trinajstić information content (AvgIpc) is 3.41. The number of nitrogens with zero attached hydrogens (tertiary/aromatic N) is 2. The molecule has 2 heterocycles. The lowest BCUT2D eigenvalue weighted by Crippen LogP contribution is -2.55. The molecular formula is C30H42N4O2. The van der Waals surface area contributed by atoms with Crippen LogP contribution in [-0.4, -0.2) is 47.4 Å². The lowest BCUT2D eigenvalue weighted by Gasteiger charge is -2.35. The predicted molar refractivity (Wildman–Crippen MR) is 144 cm³/mol. The quantitative estimate of drug-likeness (QED) is 0.533. The highest BCUT2D eigenvalue weighted by Crippen LogP contribution is 2.36. The second-order valence-corrected chi connectivity index (χ2v) is 10.9. The van der Waals surface area contributed by atoms with Gasteiger partial charge in [0.05, 0.1) is 12.1 Å². The van der Waals surface area contributed by atoms with Gasteiger partial charge in [0.2, 0.25) is 11.8 Å². The lowest BCUT2D eigenvalue weighted by molar-refractivity contribution is -0.139. The minimum atomic E-state index is -0.465. The third kappa shape index (κ3) is 5.97. The molecule has 1 aromatic carbocycles. The van der Waals surface area contributed by atoms with Crippen LogP contribution in [0.1, 0.15) is 88.8 Å². The Balaban J connectivity index is 1.58. The predicted octanol–water partition coefficient (Wildman–Crippen LogP) is 5.21. The van der Waals surface area contributed by atoms with Crippen LogP contribution in [-0.2, 0) is 9.59 Å². The van der Waals surface area contributed by atoms with Crippen LogP contribution in [0, 0.1) is 5.92 Å². The van der Waals surface area contributed by atoms with Crippen molar-refractivity contribution in [2.75, 3.05) is 13.6 Å². The number of benzene rings is 1. The van der Waals surface area contributed by atoms with Crippen molar-refractivity contribution in [2.45, 2.75) is 89.8 Å². The van der Waals surface area contributed by atoms with Crippen molar-refractivity contribution >= 4 is 11.8 Å². The van der Waals surface area contributed by atoms with Gasteiger partial charge in [0.1, 0.15) is 6.04 Å². The number of carbonyl (C=O) groups excluding carboxylic acids is 2. The van der Waals surface area contributed by atoms with Gasteiger partial charge in [-0.1, -0.05) is 57.4 Å². The van der Waals surface area contributed by atoms with Gasteiger partial charge in [-0.3, -0.25) is 14.6 Å². The minimum absolute atomic E-state index is 0.0112. The summed E-state index contributed by atoms with van der Waals surface area (Å²) in [6, 6.07) is 10.0. The number of likely N-dealkylation sites (tertiary alicyclic amines) is 1. The molecule has 36 heavy (non-hydrogen) atoms. The van der Waals surface area contributed by atoms with Gasteiger partial charge >= 0.3 is 0 Å². The fraction of sp³-hybridized carbons (Fsp3) is 0.567. The van der Waals surface area contributed by atoms with E-state index >= 15 is 0 Å². The SMILES string of the molecule is CN[C@@H](C)C(=O)N[C@H](C(=O)N1CCC[C@H]1c1cncc(-c2cccc(C(C)C)c2)c1)C1CCCCC1. The molecule has 1 aliphatic carbocycles. The number of rotatable bonds is 8. The van der Waals surface area contributed by atoms with Crippen LogP contribution in [0.3, 0.4) is 0 Å². The first-order valence-corrected chi connectivity index (χ1v) is 13.7. The molecule has 6 heteroatoms. The van der Waals surface area contributed by atoms with Crippen LogP contribution in [0.5, 0.6) is 0 Å². The monoisotopic (exact) mass is 490 g/mol. The smallest absolute Gasteiger partial charge is 0.245 e. The molecule has 3 atom stereocenters. The molecule has 0 spiro atoms. The maximum atomic E-state index is 14.0. The molecule has 1 aliphatic heterocycles. The summed E-state index contributed by atoms with van der Waals surface area (Å²) < 4.78 is 0. The van der Waals surface area contributed by atoms with E-state index in [1.165, 1.54) is 12.0 Å². The Kier molecular flexibility index (Phi) is 8.78. The zero-order chi connectivity index (χ0) is 25.7. The number of pyridine rings is 1. The molecule has 1 saturated carbocycles. The van der Waals surface area contributed by atoms with Gasteiger partial charge in [0.25, 0.3) is 0 Å². The molecule has 2 aromatic rings. The summed E-state index contributed by atoms with van der Waals surface area (Å²) in [5.74, 6) is 0.615. The second-order valence-electron chi connectivity index (χ2n) is 10.9. The molecule has 6 nitrogen and oxygen atoms in total. The van der Waals surface area contributed by atoms with Gasteiger partial charge in [0.15, 0.2) is 0 Å². The van der Waals surface area contributed by atoms with E-state index in [2.05, 4.69) is 59.8 Å². The Morgan fingerprint density at radius 1 is 0.972 bits per heavy atom. The number of hydrogen-bond donors (Lipinski definition) is 2. The van der Waals surface area contributed by atoms with Crippen molar-refractivity contribution in [1.29, 1.82) is 0 Å². The molecule has 2 aliphatic rings. The van der Waals surface area contributed by atoms with E-state index in [9.17, 15) is 9.59 Å². The largest absolute Gasteiger partial charge is 0.343 e. The molecule has 2 fully saturated rings. The molecule has 1 saturated heterocycles. The second kappa shape index (κ2) is 12.0. The minimum Gasteiger partial charge on any atom is -0.343 e. The third-order valence-electron chi connectivity index (χ3n) is 8.08. The van der Waals surface area contributed by atoms with E-state index in [1.54, 1.807) is 7.05 Å². The summed E-state index contributed by atoms with van der Waals surface area (Å²) >= 11 is 0. The Labute approximate surface area is 216 Å². The van der Waals surface area contributed by atoms with Crippen LogP contribution in [0.2, 0.25) is 0 Å². The Bertz CT molecular complexity index is 1050. The standard InChI is InChI=1S/C30H42N4O2/c1-20(2)23-12-8-13-24(16-23)25-17-26(19-32-18-25)27-14-9-15-34(27)30(36)28(22-10-6-5-7-11-22)33-29(35)21(3)31-4/h8,12-13,16-22,27-28,31H,5-7,9-11,14-15H2,1-4H3,(H,33,35)/t21-,27-,28-/m0/s1. The van der Waals surface area contributed by atoms with Gasteiger partial charge in [-0.15, -0.1) is 0 Å². The number of hydrogen-bond acceptors (Lipinski definition) is 4. The normalized spacial score (nSPS) is 20.4. The number of nitrogens with one attached hydrogen (secondary N) is 2. The fourth-order valence-electron chi connectivity index (χ4n) is 5.69. The lowest BCUT2D eigenvalue weighted by atomic mass is 9.83. The first-order valence-electron chi connectivity index (χ1n) is 13.7. The Morgan fingerprint density at radius 3 is 2.47 bits per heavy atom. The highest BCUT2D eigenvalue weighted by molar-refractivity contribution is 5.90. The number of likely N-dealkylation sites (N-methyl/N-ethyl adjacent to an activating group) is 1. The average molecular weight is 491 g/mol. The molecular weight excluding hydrogens is 448 g/mol. The maximum absolute atomic E-state index is 14.0. The topological polar surface area (TPSA) is 74.3 Å². The Morgan fingerprint density at radius 2 is 1.75 bits per heavy atom. The first-order chi connectivity index (χ1) is 17.4. The van der Waals surface area contributed by atoms with Crippen LogP contribution < -0.4 is 10.6 Å². The van der Waals surface area contributed by atoms with Crippen LogP contribution in [0.15, 0.2) is 42.7 Å². The van der Waals surface area contributed by atoms with E-state index in [4.69, 9.17) is 0 Å². The van der Waals surface area contributed by atoms with Crippen molar-refractivity contribution in [1.82, 2.24) is 20.5 Å². The van der Waals surface area contributed by atoms with E-state index < -0.39 is 6.04 Å². The van der Waals surface area contributed by atoms with Gasteiger partial charge in [0, 0.05) is 24.5 Å². The first kappa shape index (κ1) is 26.3. The molecule has 0 unspecified atom stereocenters. The van der Waals surface area contributed by atoms with Gasteiger partial charge in [-0.2, -0.15) is 0 Å². The van der Waals surface area contributed by atoms with Crippen molar-refractivity contribution in [3.63, 3.8) is 0 Å². The summed E-state index contributed by atoms with van der Waals surface area (Å²) in [5.41, 5.74) is 4.61. The van der Waals surface area contributed by atoms with Gasteiger partial charge in [-0.25, -0.2) is 0 Å². The fourth-order valence-corrected chi connectivity index (χ4v) is 5.69. The van der Waals surface area contributed by atoms with Gasteiger partial charge in [-0.05, 0) is 74.2 Å². The van der Waals surface area contributed by atoms with Crippen molar-refractivity contribution < 1.29 is 9.59 Å². The molecule has 194 valence electrons. The van der Waals surface area contributed by atoms with Crippen LogP contribution in [0.25, 0.3) is 11.1 Å².